The summed E-state index contributed by atoms with van der Waals surface area (Å²) >= 11 is 7.61. The molecule has 2 aromatic rings. The largest absolute Gasteiger partial charge is 0.497 e. The number of rotatable bonds is 3. The minimum absolute atomic E-state index is 0.00403. The summed E-state index contributed by atoms with van der Waals surface area (Å²) < 4.78 is 19.7. The standard InChI is InChI=1S/C21H17ClFN3O2S/c1-28-14-7-5-13(6-8-14)25-11-26-19(27)9-15(16(10-24)21(26)29-12-25)20-17(22)3-2-4-18(20)23/h2-8,15H,9,11-12H2,1H3. The minimum atomic E-state index is -0.674. The Morgan fingerprint density at radius 2 is 2.03 bits per heavy atom. The minimum Gasteiger partial charge on any atom is -0.497 e. The van der Waals surface area contributed by atoms with E-state index in [9.17, 15) is 14.4 Å². The van der Waals surface area contributed by atoms with Crippen molar-refractivity contribution in [2.45, 2.75) is 12.3 Å². The van der Waals surface area contributed by atoms with Crippen LogP contribution < -0.4 is 9.64 Å². The average Bonchev–Trinajstić information content (AvgIpc) is 2.74. The number of fused-ring (bicyclic) bond motifs is 1. The average molecular weight is 430 g/mol. The molecule has 2 aliphatic heterocycles. The van der Waals surface area contributed by atoms with Crippen LogP contribution in [0.4, 0.5) is 10.1 Å². The number of hydrogen-bond acceptors (Lipinski definition) is 5. The molecule has 0 spiro atoms. The number of carbonyl (C=O) groups is 1. The SMILES string of the molecule is COc1ccc(N2CSC3=C(C#N)C(c4c(F)cccc4Cl)CC(=O)N3C2)cc1. The monoisotopic (exact) mass is 429 g/mol. The molecule has 1 unspecified atom stereocenters. The van der Waals surface area contributed by atoms with Crippen LogP contribution in [0.15, 0.2) is 53.1 Å². The Kier molecular flexibility index (Phi) is 5.39. The van der Waals surface area contributed by atoms with Gasteiger partial charge in [-0.1, -0.05) is 29.4 Å². The number of benzene rings is 2. The van der Waals surface area contributed by atoms with Crippen LogP contribution in [0.2, 0.25) is 5.02 Å². The van der Waals surface area contributed by atoms with E-state index in [2.05, 4.69) is 6.07 Å². The lowest BCUT2D eigenvalue weighted by Gasteiger charge is -2.42. The zero-order valence-corrected chi connectivity index (χ0v) is 17.1. The lowest BCUT2D eigenvalue weighted by molar-refractivity contribution is -0.129. The highest BCUT2D eigenvalue weighted by Gasteiger charge is 2.39. The van der Waals surface area contributed by atoms with E-state index in [0.717, 1.165) is 11.4 Å². The highest BCUT2D eigenvalue weighted by atomic mass is 35.5. The lowest BCUT2D eigenvalue weighted by Crippen LogP contribution is -2.47. The molecule has 1 amide bonds. The fourth-order valence-corrected chi connectivity index (χ4v) is 5.07. The van der Waals surface area contributed by atoms with Gasteiger partial charge in [0.25, 0.3) is 0 Å². The van der Waals surface area contributed by atoms with Crippen molar-refractivity contribution in [3.63, 3.8) is 0 Å². The fraction of sp³-hybridized carbons (Fsp3) is 0.238. The summed E-state index contributed by atoms with van der Waals surface area (Å²) in [4.78, 5) is 16.6. The summed E-state index contributed by atoms with van der Waals surface area (Å²) in [6, 6.07) is 14.2. The number of allylic oxidation sites excluding steroid dienone is 1. The van der Waals surface area contributed by atoms with Gasteiger partial charge in [0, 0.05) is 28.6 Å². The topological polar surface area (TPSA) is 56.6 Å². The van der Waals surface area contributed by atoms with Gasteiger partial charge in [-0.2, -0.15) is 5.26 Å². The second-order valence-electron chi connectivity index (χ2n) is 6.70. The van der Waals surface area contributed by atoms with Crippen LogP contribution in [0.5, 0.6) is 5.75 Å². The van der Waals surface area contributed by atoms with Gasteiger partial charge in [0.2, 0.25) is 5.91 Å². The van der Waals surface area contributed by atoms with E-state index in [4.69, 9.17) is 16.3 Å². The van der Waals surface area contributed by atoms with Crippen molar-refractivity contribution in [3.05, 3.63) is 69.5 Å². The molecular weight excluding hydrogens is 413 g/mol. The predicted molar refractivity (Wildman–Crippen MR) is 111 cm³/mol. The van der Waals surface area contributed by atoms with Crippen LogP contribution in [-0.4, -0.2) is 30.5 Å². The molecule has 0 bridgehead atoms. The van der Waals surface area contributed by atoms with Gasteiger partial charge in [0.05, 0.1) is 36.3 Å². The number of methoxy groups -OCH3 is 1. The summed E-state index contributed by atoms with van der Waals surface area (Å²) in [6.45, 7) is 0.330. The van der Waals surface area contributed by atoms with E-state index in [1.165, 1.54) is 23.9 Å². The van der Waals surface area contributed by atoms with Crippen LogP contribution in [0.3, 0.4) is 0 Å². The molecule has 4 rings (SSSR count). The number of halogens is 2. The number of nitrogens with zero attached hydrogens (tertiary/aromatic N) is 3. The van der Waals surface area contributed by atoms with Crippen LogP contribution >= 0.6 is 23.4 Å². The third-order valence-electron chi connectivity index (χ3n) is 5.08. The van der Waals surface area contributed by atoms with Gasteiger partial charge in [0.1, 0.15) is 11.6 Å². The van der Waals surface area contributed by atoms with Crippen molar-refractivity contribution >= 4 is 35.0 Å². The molecule has 0 radical (unpaired) electrons. The molecule has 8 heteroatoms. The van der Waals surface area contributed by atoms with Crippen molar-refractivity contribution in [2.75, 3.05) is 24.6 Å². The molecule has 1 atom stereocenters. The molecule has 1 fully saturated rings. The Morgan fingerprint density at radius 3 is 2.69 bits per heavy atom. The first-order valence-corrected chi connectivity index (χ1v) is 10.3. The summed E-state index contributed by atoms with van der Waals surface area (Å²) in [5.74, 6) is -0.0161. The number of thioether (sulfide) groups is 1. The third-order valence-corrected chi connectivity index (χ3v) is 6.56. The summed E-state index contributed by atoms with van der Waals surface area (Å²) in [6.07, 6.45) is 0.00403. The first-order chi connectivity index (χ1) is 14.0. The summed E-state index contributed by atoms with van der Waals surface area (Å²) in [5, 5.41) is 10.6. The van der Waals surface area contributed by atoms with Gasteiger partial charge in [0.15, 0.2) is 0 Å². The van der Waals surface area contributed by atoms with Gasteiger partial charge in [-0.15, -0.1) is 0 Å². The summed E-state index contributed by atoms with van der Waals surface area (Å²) in [5.41, 5.74) is 1.54. The number of carbonyl (C=O) groups excluding carboxylic acids is 1. The van der Waals surface area contributed by atoms with E-state index in [1.54, 1.807) is 18.1 Å². The van der Waals surface area contributed by atoms with E-state index < -0.39 is 11.7 Å². The molecule has 0 aromatic heterocycles. The Hall–Kier alpha value is -2.69. The second kappa shape index (κ2) is 7.97. The Morgan fingerprint density at radius 1 is 1.28 bits per heavy atom. The molecule has 2 aliphatic rings. The molecule has 0 N–H and O–H groups in total. The van der Waals surface area contributed by atoms with E-state index in [1.807, 2.05) is 29.2 Å². The highest BCUT2D eigenvalue weighted by molar-refractivity contribution is 8.03. The lowest BCUT2D eigenvalue weighted by atomic mass is 9.86. The number of ether oxygens (including phenoxy) is 1. The molecule has 1 saturated heterocycles. The Balaban J connectivity index is 1.67. The summed E-state index contributed by atoms with van der Waals surface area (Å²) in [7, 11) is 1.61. The maximum Gasteiger partial charge on any atom is 0.229 e. The number of anilines is 1. The molecule has 5 nitrogen and oxygen atoms in total. The van der Waals surface area contributed by atoms with Gasteiger partial charge < -0.3 is 9.64 Å². The van der Waals surface area contributed by atoms with Crippen LogP contribution in [0.1, 0.15) is 17.9 Å². The second-order valence-corrected chi connectivity index (χ2v) is 8.04. The first kappa shape index (κ1) is 19.6. The van der Waals surface area contributed by atoms with Crippen LogP contribution in [-0.2, 0) is 4.79 Å². The quantitative estimate of drug-likeness (QED) is 0.707. The zero-order valence-electron chi connectivity index (χ0n) is 15.6. The van der Waals surface area contributed by atoms with Crippen molar-refractivity contribution in [1.29, 1.82) is 5.26 Å². The number of hydrogen-bond donors (Lipinski definition) is 0. The molecule has 148 valence electrons. The van der Waals surface area contributed by atoms with Crippen LogP contribution in [0.25, 0.3) is 0 Å². The third kappa shape index (κ3) is 3.54. The predicted octanol–water partition coefficient (Wildman–Crippen LogP) is 4.71. The maximum absolute atomic E-state index is 14.5. The van der Waals surface area contributed by atoms with Crippen LogP contribution in [0, 0.1) is 17.1 Å². The Bertz CT molecular complexity index is 1010. The van der Waals surface area contributed by atoms with Crippen molar-refractivity contribution < 1.29 is 13.9 Å². The number of amides is 1. The van der Waals surface area contributed by atoms with Gasteiger partial charge >= 0.3 is 0 Å². The zero-order chi connectivity index (χ0) is 20.5. The molecule has 2 heterocycles. The fourth-order valence-electron chi connectivity index (χ4n) is 3.61. The molecule has 0 saturated carbocycles. The molecule has 2 aromatic carbocycles. The molecule has 29 heavy (non-hydrogen) atoms. The van der Waals surface area contributed by atoms with Gasteiger partial charge in [-0.25, -0.2) is 4.39 Å². The van der Waals surface area contributed by atoms with Gasteiger partial charge in [-0.05, 0) is 36.4 Å². The highest BCUT2D eigenvalue weighted by Crippen LogP contribution is 2.45. The maximum atomic E-state index is 14.5. The van der Waals surface area contributed by atoms with Crippen molar-refractivity contribution in [2.24, 2.45) is 0 Å². The van der Waals surface area contributed by atoms with E-state index in [-0.39, 0.29) is 22.9 Å². The first-order valence-electron chi connectivity index (χ1n) is 8.93. The number of nitriles is 1. The van der Waals surface area contributed by atoms with E-state index in [0.29, 0.717) is 23.1 Å². The van der Waals surface area contributed by atoms with Crippen molar-refractivity contribution in [3.8, 4) is 11.8 Å². The smallest absolute Gasteiger partial charge is 0.229 e. The molecule has 0 aliphatic carbocycles. The van der Waals surface area contributed by atoms with Crippen molar-refractivity contribution in [1.82, 2.24) is 4.90 Å². The van der Waals surface area contributed by atoms with E-state index >= 15 is 0 Å². The van der Waals surface area contributed by atoms with Gasteiger partial charge in [-0.3, -0.25) is 9.69 Å². The Labute approximate surface area is 177 Å². The normalized spacial score (nSPS) is 19.1. The molecular formula is C21H17ClFN3O2S.